The molecule has 0 fully saturated rings. The number of nitro benzene ring substituents is 1. The van der Waals surface area contributed by atoms with Gasteiger partial charge in [-0.3, -0.25) is 15.1 Å². The molecule has 0 N–H and O–H groups in total. The normalized spacial score (nSPS) is 11.0. The number of non-ortho nitro benzene ring substituents is 1. The molecule has 2 aromatic heterocycles. The SMILES string of the molecule is CC(C)Cn1c(SCc2ccc([N+](=O)[O-])cc2)nnc1-c1ccncc1. The van der Waals surface area contributed by atoms with Gasteiger partial charge in [0.05, 0.1) is 4.92 Å². The van der Waals surface area contributed by atoms with Crippen molar-refractivity contribution in [2.45, 2.75) is 31.3 Å². The number of hydrogen-bond donors (Lipinski definition) is 0. The number of pyridine rings is 1. The Labute approximate surface area is 155 Å². The predicted octanol–water partition coefficient (Wildman–Crippen LogP) is 4.20. The Balaban J connectivity index is 1.81. The molecule has 2 heterocycles. The first-order valence-corrected chi connectivity index (χ1v) is 9.23. The molecule has 0 radical (unpaired) electrons. The van der Waals surface area contributed by atoms with Crippen molar-refractivity contribution in [1.82, 2.24) is 19.7 Å². The summed E-state index contributed by atoms with van der Waals surface area (Å²) in [5, 5.41) is 20.3. The largest absolute Gasteiger partial charge is 0.302 e. The Morgan fingerprint density at radius 3 is 2.42 bits per heavy atom. The van der Waals surface area contributed by atoms with Gasteiger partial charge in [0.15, 0.2) is 11.0 Å². The fourth-order valence-electron chi connectivity index (χ4n) is 2.50. The second kappa shape index (κ2) is 8.09. The van der Waals surface area contributed by atoms with E-state index >= 15 is 0 Å². The molecule has 7 nitrogen and oxygen atoms in total. The molecule has 0 aliphatic heterocycles. The second-order valence-electron chi connectivity index (χ2n) is 6.26. The van der Waals surface area contributed by atoms with Crippen molar-refractivity contribution in [1.29, 1.82) is 0 Å². The molecule has 0 unspecified atom stereocenters. The molecule has 0 bridgehead atoms. The van der Waals surface area contributed by atoms with Gasteiger partial charge in [-0.1, -0.05) is 37.7 Å². The van der Waals surface area contributed by atoms with Crippen molar-refractivity contribution < 1.29 is 4.92 Å². The van der Waals surface area contributed by atoms with Crippen LogP contribution in [0.5, 0.6) is 0 Å². The van der Waals surface area contributed by atoms with Gasteiger partial charge >= 0.3 is 0 Å². The van der Waals surface area contributed by atoms with E-state index in [2.05, 4.69) is 33.6 Å². The summed E-state index contributed by atoms with van der Waals surface area (Å²) in [4.78, 5) is 14.4. The number of aromatic nitrogens is 4. The van der Waals surface area contributed by atoms with E-state index in [9.17, 15) is 10.1 Å². The average Bonchev–Trinajstić information content (AvgIpc) is 3.03. The minimum Gasteiger partial charge on any atom is -0.302 e. The van der Waals surface area contributed by atoms with E-state index in [0.29, 0.717) is 11.7 Å². The van der Waals surface area contributed by atoms with Crippen molar-refractivity contribution in [2.75, 3.05) is 0 Å². The Bertz CT molecular complexity index is 878. The predicted molar refractivity (Wildman–Crippen MR) is 101 cm³/mol. The van der Waals surface area contributed by atoms with Gasteiger partial charge in [0.1, 0.15) is 0 Å². The molecule has 3 aromatic rings. The number of hydrogen-bond acceptors (Lipinski definition) is 6. The van der Waals surface area contributed by atoms with E-state index in [0.717, 1.165) is 28.7 Å². The lowest BCUT2D eigenvalue weighted by atomic mass is 10.2. The molecule has 0 aliphatic rings. The summed E-state index contributed by atoms with van der Waals surface area (Å²) in [7, 11) is 0. The molecule has 0 aliphatic carbocycles. The molecular weight excluding hydrogens is 350 g/mol. The van der Waals surface area contributed by atoms with Gasteiger partial charge in [-0.05, 0) is 23.6 Å². The maximum atomic E-state index is 10.8. The van der Waals surface area contributed by atoms with Crippen LogP contribution in [0.4, 0.5) is 5.69 Å². The summed E-state index contributed by atoms with van der Waals surface area (Å²) in [6.07, 6.45) is 3.49. The van der Waals surface area contributed by atoms with Crippen molar-refractivity contribution in [3.8, 4) is 11.4 Å². The number of nitro groups is 1. The van der Waals surface area contributed by atoms with Crippen LogP contribution in [0.1, 0.15) is 19.4 Å². The van der Waals surface area contributed by atoms with Gasteiger partial charge in [0.25, 0.3) is 5.69 Å². The van der Waals surface area contributed by atoms with E-state index in [1.54, 1.807) is 36.3 Å². The van der Waals surface area contributed by atoms with Crippen LogP contribution in [-0.2, 0) is 12.3 Å². The minimum atomic E-state index is -0.392. The third-order valence-electron chi connectivity index (χ3n) is 3.72. The Hall–Kier alpha value is -2.74. The highest BCUT2D eigenvalue weighted by Gasteiger charge is 2.15. The lowest BCUT2D eigenvalue weighted by molar-refractivity contribution is -0.384. The van der Waals surface area contributed by atoms with Gasteiger partial charge in [0, 0.05) is 42.4 Å². The third-order valence-corrected chi connectivity index (χ3v) is 4.76. The third kappa shape index (κ3) is 4.26. The van der Waals surface area contributed by atoms with Crippen LogP contribution in [0.3, 0.4) is 0 Å². The topological polar surface area (TPSA) is 86.7 Å². The van der Waals surface area contributed by atoms with E-state index in [4.69, 9.17) is 0 Å². The van der Waals surface area contributed by atoms with Gasteiger partial charge in [-0.25, -0.2) is 0 Å². The molecule has 0 atom stereocenters. The zero-order valence-corrected chi connectivity index (χ0v) is 15.4. The van der Waals surface area contributed by atoms with Crippen LogP contribution in [-0.4, -0.2) is 24.7 Å². The first-order valence-electron chi connectivity index (χ1n) is 8.24. The van der Waals surface area contributed by atoms with Gasteiger partial charge in [-0.2, -0.15) is 0 Å². The van der Waals surface area contributed by atoms with Crippen molar-refractivity contribution >= 4 is 17.4 Å². The molecule has 134 valence electrons. The van der Waals surface area contributed by atoms with Crippen LogP contribution in [0, 0.1) is 16.0 Å². The smallest absolute Gasteiger partial charge is 0.269 e. The summed E-state index contributed by atoms with van der Waals surface area (Å²) in [6, 6.07) is 10.4. The number of thioether (sulfide) groups is 1. The average molecular weight is 369 g/mol. The standard InChI is InChI=1S/C18H19N5O2S/c1-13(2)11-22-17(15-7-9-19-10-8-15)20-21-18(22)26-12-14-3-5-16(6-4-14)23(24)25/h3-10,13H,11-12H2,1-2H3. The van der Waals surface area contributed by atoms with E-state index < -0.39 is 4.92 Å². The zero-order valence-electron chi connectivity index (χ0n) is 14.6. The minimum absolute atomic E-state index is 0.0988. The quantitative estimate of drug-likeness (QED) is 0.352. The van der Waals surface area contributed by atoms with Gasteiger partial charge in [-0.15, -0.1) is 10.2 Å². The van der Waals surface area contributed by atoms with E-state index in [1.165, 1.54) is 12.1 Å². The first-order chi connectivity index (χ1) is 12.5. The molecule has 26 heavy (non-hydrogen) atoms. The maximum Gasteiger partial charge on any atom is 0.269 e. The molecule has 0 saturated heterocycles. The highest BCUT2D eigenvalue weighted by atomic mass is 32.2. The monoisotopic (exact) mass is 369 g/mol. The number of nitrogens with zero attached hydrogens (tertiary/aromatic N) is 5. The van der Waals surface area contributed by atoms with E-state index in [-0.39, 0.29) is 5.69 Å². The molecule has 1 aromatic carbocycles. The van der Waals surface area contributed by atoms with Crippen LogP contribution >= 0.6 is 11.8 Å². The zero-order chi connectivity index (χ0) is 18.5. The molecule has 0 spiro atoms. The first kappa shape index (κ1) is 18.1. The maximum absolute atomic E-state index is 10.8. The molecule has 8 heteroatoms. The Kier molecular flexibility index (Phi) is 5.62. The molecule has 0 amide bonds. The van der Waals surface area contributed by atoms with E-state index in [1.807, 2.05) is 12.1 Å². The summed E-state index contributed by atoms with van der Waals surface area (Å²) < 4.78 is 2.12. The molecule has 3 rings (SSSR count). The summed E-state index contributed by atoms with van der Waals surface area (Å²) in [5.41, 5.74) is 2.09. The fraction of sp³-hybridized carbons (Fsp3) is 0.278. The number of rotatable bonds is 7. The summed E-state index contributed by atoms with van der Waals surface area (Å²) in [5.74, 6) is 1.95. The van der Waals surface area contributed by atoms with Crippen LogP contribution in [0.15, 0.2) is 53.9 Å². The van der Waals surface area contributed by atoms with Gasteiger partial charge in [0.2, 0.25) is 0 Å². The van der Waals surface area contributed by atoms with Gasteiger partial charge < -0.3 is 4.57 Å². The molecular formula is C18H19N5O2S. The van der Waals surface area contributed by atoms with Crippen molar-refractivity contribution in [3.05, 3.63) is 64.5 Å². The fourth-order valence-corrected chi connectivity index (χ4v) is 3.41. The summed E-state index contributed by atoms with van der Waals surface area (Å²) >= 11 is 1.58. The van der Waals surface area contributed by atoms with Crippen LogP contribution in [0.2, 0.25) is 0 Å². The lowest BCUT2D eigenvalue weighted by Gasteiger charge is -2.12. The Morgan fingerprint density at radius 2 is 1.81 bits per heavy atom. The van der Waals surface area contributed by atoms with Crippen molar-refractivity contribution in [3.63, 3.8) is 0 Å². The van der Waals surface area contributed by atoms with Crippen LogP contribution in [0.25, 0.3) is 11.4 Å². The van der Waals surface area contributed by atoms with Crippen LogP contribution < -0.4 is 0 Å². The van der Waals surface area contributed by atoms with Crippen molar-refractivity contribution in [2.24, 2.45) is 5.92 Å². The summed E-state index contributed by atoms with van der Waals surface area (Å²) in [6.45, 7) is 5.12. The molecule has 0 saturated carbocycles. The lowest BCUT2D eigenvalue weighted by Crippen LogP contribution is -2.07. The highest BCUT2D eigenvalue weighted by molar-refractivity contribution is 7.98. The Morgan fingerprint density at radius 1 is 1.12 bits per heavy atom. The number of benzene rings is 1. The highest BCUT2D eigenvalue weighted by Crippen LogP contribution is 2.27. The second-order valence-corrected chi connectivity index (χ2v) is 7.20.